The first-order valence-corrected chi connectivity index (χ1v) is 9.47. The van der Waals surface area contributed by atoms with Gasteiger partial charge in [-0.3, -0.25) is 4.79 Å². The molecule has 1 aliphatic rings. The summed E-state index contributed by atoms with van der Waals surface area (Å²) < 4.78 is 7.13. The summed E-state index contributed by atoms with van der Waals surface area (Å²) in [6.45, 7) is 2.67. The Labute approximate surface area is 166 Å². The van der Waals surface area contributed by atoms with Crippen LogP contribution < -0.4 is 0 Å². The van der Waals surface area contributed by atoms with E-state index in [-0.39, 0.29) is 11.9 Å². The van der Waals surface area contributed by atoms with Gasteiger partial charge in [0.15, 0.2) is 11.3 Å². The van der Waals surface area contributed by atoms with Crippen LogP contribution in [0.2, 0.25) is 5.02 Å². The molecule has 0 radical (unpaired) electrons. The van der Waals surface area contributed by atoms with E-state index in [1.807, 2.05) is 30.0 Å². The van der Waals surface area contributed by atoms with Crippen LogP contribution in [0.1, 0.15) is 34.6 Å². The number of rotatable bonds is 2. The molecular weight excluding hydrogens is 376 g/mol. The van der Waals surface area contributed by atoms with Gasteiger partial charge < -0.3 is 9.32 Å². The standard InChI is InChI=1S/C21H17ClN4O2/c1-13-15-4-2-5-17(19-6-3-9-28-19)16(15)7-8-25(13)21(27)18-10-20-23-11-14(22)12-26(20)24-18/h2-6,9-13H,7-8H2,1H3. The van der Waals surface area contributed by atoms with Crippen molar-refractivity contribution >= 4 is 23.2 Å². The van der Waals surface area contributed by atoms with Crippen LogP contribution in [0.3, 0.4) is 0 Å². The van der Waals surface area contributed by atoms with E-state index >= 15 is 0 Å². The maximum absolute atomic E-state index is 13.2. The summed E-state index contributed by atoms with van der Waals surface area (Å²) >= 11 is 5.97. The molecule has 140 valence electrons. The number of carbonyl (C=O) groups excluding carboxylic acids is 1. The maximum atomic E-state index is 13.2. The van der Waals surface area contributed by atoms with Crippen LogP contribution in [0.25, 0.3) is 17.0 Å². The van der Waals surface area contributed by atoms with E-state index in [0.29, 0.717) is 22.9 Å². The molecule has 1 aromatic carbocycles. The van der Waals surface area contributed by atoms with E-state index < -0.39 is 0 Å². The average Bonchev–Trinajstić information content (AvgIpc) is 3.37. The highest BCUT2D eigenvalue weighted by Gasteiger charge is 2.31. The van der Waals surface area contributed by atoms with E-state index in [9.17, 15) is 4.79 Å². The third-order valence-corrected chi connectivity index (χ3v) is 5.48. The highest BCUT2D eigenvalue weighted by atomic mass is 35.5. The number of hydrogen-bond donors (Lipinski definition) is 0. The summed E-state index contributed by atoms with van der Waals surface area (Å²) in [4.78, 5) is 19.2. The summed E-state index contributed by atoms with van der Waals surface area (Å²) in [5.41, 5.74) is 4.43. The highest BCUT2D eigenvalue weighted by molar-refractivity contribution is 6.30. The van der Waals surface area contributed by atoms with Gasteiger partial charge in [0, 0.05) is 24.4 Å². The number of halogens is 1. The van der Waals surface area contributed by atoms with E-state index in [1.165, 1.54) is 10.1 Å². The number of amides is 1. The number of nitrogens with zero attached hydrogens (tertiary/aromatic N) is 4. The number of benzene rings is 1. The van der Waals surface area contributed by atoms with Crippen LogP contribution in [0.15, 0.2) is 59.5 Å². The quantitative estimate of drug-likeness (QED) is 0.507. The minimum atomic E-state index is -0.108. The molecule has 6 nitrogen and oxygen atoms in total. The lowest BCUT2D eigenvalue weighted by atomic mass is 9.88. The van der Waals surface area contributed by atoms with Gasteiger partial charge in [0.1, 0.15) is 5.76 Å². The van der Waals surface area contributed by atoms with Crippen molar-refractivity contribution in [1.29, 1.82) is 0 Å². The second-order valence-electron chi connectivity index (χ2n) is 6.88. The molecule has 1 amide bonds. The maximum Gasteiger partial charge on any atom is 0.274 e. The molecule has 0 N–H and O–H groups in total. The second-order valence-corrected chi connectivity index (χ2v) is 7.32. The van der Waals surface area contributed by atoms with Crippen molar-refractivity contribution in [1.82, 2.24) is 19.5 Å². The Morgan fingerprint density at radius 2 is 2.18 bits per heavy atom. The molecule has 1 atom stereocenters. The van der Waals surface area contributed by atoms with Gasteiger partial charge >= 0.3 is 0 Å². The van der Waals surface area contributed by atoms with Crippen LogP contribution in [0.5, 0.6) is 0 Å². The van der Waals surface area contributed by atoms with Gasteiger partial charge in [-0.2, -0.15) is 5.10 Å². The average molecular weight is 393 g/mol. The Morgan fingerprint density at radius 3 is 3.00 bits per heavy atom. The fraction of sp³-hybridized carbons (Fsp3) is 0.190. The molecule has 1 unspecified atom stereocenters. The highest BCUT2D eigenvalue weighted by Crippen LogP contribution is 2.36. The topological polar surface area (TPSA) is 63.6 Å². The van der Waals surface area contributed by atoms with E-state index in [2.05, 4.69) is 22.2 Å². The first-order chi connectivity index (χ1) is 13.6. The molecule has 0 aliphatic carbocycles. The zero-order valence-electron chi connectivity index (χ0n) is 15.2. The predicted molar refractivity (Wildman–Crippen MR) is 105 cm³/mol. The molecule has 0 spiro atoms. The third-order valence-electron chi connectivity index (χ3n) is 5.28. The van der Waals surface area contributed by atoms with Crippen LogP contribution in [0.4, 0.5) is 0 Å². The molecule has 4 heterocycles. The Balaban J connectivity index is 1.49. The number of furan rings is 1. The van der Waals surface area contributed by atoms with Gasteiger partial charge in [-0.05, 0) is 36.6 Å². The predicted octanol–water partition coefficient (Wildman–Crippen LogP) is 4.40. The summed E-state index contributed by atoms with van der Waals surface area (Å²) in [5, 5.41) is 4.83. The van der Waals surface area contributed by atoms with E-state index in [1.54, 1.807) is 24.7 Å². The van der Waals surface area contributed by atoms with Crippen molar-refractivity contribution in [3.63, 3.8) is 0 Å². The molecule has 7 heteroatoms. The van der Waals surface area contributed by atoms with Crippen LogP contribution in [-0.4, -0.2) is 31.9 Å². The molecule has 1 aliphatic heterocycles. The molecule has 0 saturated carbocycles. The first kappa shape index (κ1) is 17.0. The molecule has 4 aromatic rings. The summed E-state index contributed by atoms with van der Waals surface area (Å²) in [5.74, 6) is 0.746. The third kappa shape index (κ3) is 2.68. The van der Waals surface area contributed by atoms with Gasteiger partial charge in [-0.25, -0.2) is 9.50 Å². The Morgan fingerprint density at radius 1 is 1.29 bits per heavy atom. The summed E-state index contributed by atoms with van der Waals surface area (Å²) in [6, 6.07) is 11.6. The van der Waals surface area contributed by atoms with Gasteiger partial charge in [0.05, 0.1) is 23.5 Å². The SMILES string of the molecule is CC1c2cccc(-c3ccco3)c2CCN1C(=O)c1cc2ncc(Cl)cn2n1. The fourth-order valence-electron chi connectivity index (χ4n) is 3.91. The van der Waals surface area contributed by atoms with Gasteiger partial charge in [0.2, 0.25) is 0 Å². The van der Waals surface area contributed by atoms with Crippen molar-refractivity contribution in [2.45, 2.75) is 19.4 Å². The number of fused-ring (bicyclic) bond motifs is 2. The normalized spacial score (nSPS) is 16.4. The molecular formula is C21H17ClN4O2. The molecule has 28 heavy (non-hydrogen) atoms. The zero-order valence-corrected chi connectivity index (χ0v) is 15.9. The lowest BCUT2D eigenvalue weighted by molar-refractivity contribution is 0.0671. The molecule has 0 saturated heterocycles. The Hall–Kier alpha value is -3.12. The Kier molecular flexibility index (Phi) is 3.94. The fourth-order valence-corrected chi connectivity index (χ4v) is 4.06. The second kappa shape index (κ2) is 6.49. The van der Waals surface area contributed by atoms with Crippen molar-refractivity contribution < 1.29 is 9.21 Å². The summed E-state index contributed by atoms with van der Waals surface area (Å²) in [7, 11) is 0. The van der Waals surface area contributed by atoms with Crippen LogP contribution in [0, 0.1) is 0 Å². The van der Waals surface area contributed by atoms with Crippen molar-refractivity contribution in [2.75, 3.05) is 6.54 Å². The Bertz CT molecular complexity index is 1180. The van der Waals surface area contributed by atoms with Crippen molar-refractivity contribution in [2.24, 2.45) is 0 Å². The number of hydrogen-bond acceptors (Lipinski definition) is 4. The van der Waals surface area contributed by atoms with Gasteiger partial charge in [-0.1, -0.05) is 29.8 Å². The monoisotopic (exact) mass is 392 g/mol. The van der Waals surface area contributed by atoms with E-state index in [0.717, 1.165) is 23.3 Å². The zero-order chi connectivity index (χ0) is 19.3. The molecule has 3 aromatic heterocycles. The summed E-state index contributed by atoms with van der Waals surface area (Å²) in [6.07, 6.45) is 5.63. The molecule has 5 rings (SSSR count). The van der Waals surface area contributed by atoms with Gasteiger partial charge in [0.25, 0.3) is 5.91 Å². The van der Waals surface area contributed by atoms with Crippen molar-refractivity contribution in [3.8, 4) is 11.3 Å². The van der Waals surface area contributed by atoms with Crippen LogP contribution >= 0.6 is 11.6 Å². The molecule has 0 bridgehead atoms. The van der Waals surface area contributed by atoms with E-state index in [4.69, 9.17) is 16.0 Å². The lowest BCUT2D eigenvalue weighted by Crippen LogP contribution is -2.39. The number of carbonyl (C=O) groups is 1. The largest absolute Gasteiger partial charge is 0.464 e. The van der Waals surface area contributed by atoms with Crippen molar-refractivity contribution in [3.05, 3.63) is 76.9 Å². The molecule has 0 fully saturated rings. The number of aromatic nitrogens is 3. The first-order valence-electron chi connectivity index (χ1n) is 9.09. The minimum Gasteiger partial charge on any atom is -0.464 e. The minimum absolute atomic E-state index is 0.0625. The lowest BCUT2D eigenvalue weighted by Gasteiger charge is -2.35. The van der Waals surface area contributed by atoms with Crippen LogP contribution in [-0.2, 0) is 6.42 Å². The smallest absolute Gasteiger partial charge is 0.274 e. The van der Waals surface area contributed by atoms with Gasteiger partial charge in [-0.15, -0.1) is 0 Å².